The lowest BCUT2D eigenvalue weighted by Crippen LogP contribution is -2.48. The van der Waals surface area contributed by atoms with Crippen LogP contribution >= 0.6 is 0 Å². The van der Waals surface area contributed by atoms with E-state index in [-0.39, 0.29) is 6.04 Å². The van der Waals surface area contributed by atoms with Crippen molar-refractivity contribution < 1.29 is 4.74 Å². The van der Waals surface area contributed by atoms with Crippen LogP contribution in [0.1, 0.15) is 44.2 Å². The summed E-state index contributed by atoms with van der Waals surface area (Å²) in [5.41, 5.74) is 8.64. The van der Waals surface area contributed by atoms with Gasteiger partial charge < -0.3 is 15.4 Å². The fourth-order valence-corrected chi connectivity index (χ4v) is 3.39. The van der Waals surface area contributed by atoms with Crippen LogP contribution in [-0.4, -0.2) is 25.3 Å². The number of hydrogen-bond donors (Lipinski definition) is 1. The van der Waals surface area contributed by atoms with E-state index in [1.165, 1.54) is 30.5 Å². The number of nitrogens with zero attached hydrogens (tertiary/aromatic N) is 1. The lowest BCUT2D eigenvalue weighted by molar-refractivity contribution is 0.0256. The summed E-state index contributed by atoms with van der Waals surface area (Å²) >= 11 is 0. The molecular formula is C16H24N2O. The zero-order chi connectivity index (χ0) is 13.2. The monoisotopic (exact) mass is 260 g/mol. The van der Waals surface area contributed by atoms with Crippen molar-refractivity contribution in [1.82, 2.24) is 0 Å². The van der Waals surface area contributed by atoms with Crippen LogP contribution in [0.25, 0.3) is 0 Å². The lowest BCUT2D eigenvalue weighted by Gasteiger charge is -2.39. The number of hydrogen-bond acceptors (Lipinski definition) is 3. The number of ether oxygens (including phenoxy) is 1. The van der Waals surface area contributed by atoms with Gasteiger partial charge >= 0.3 is 0 Å². The van der Waals surface area contributed by atoms with Gasteiger partial charge in [0.25, 0.3) is 0 Å². The molecule has 2 unspecified atom stereocenters. The SMILES string of the molecule is CC[C@H](N)c1ccc(N2CCOC3CCCC32)cc1. The Morgan fingerprint density at radius 2 is 2.11 bits per heavy atom. The summed E-state index contributed by atoms with van der Waals surface area (Å²) in [5, 5.41) is 0. The summed E-state index contributed by atoms with van der Waals surface area (Å²) in [4.78, 5) is 2.53. The molecule has 1 aromatic carbocycles. The molecule has 1 aliphatic carbocycles. The maximum atomic E-state index is 6.07. The number of rotatable bonds is 3. The highest BCUT2D eigenvalue weighted by atomic mass is 16.5. The molecule has 0 radical (unpaired) electrons. The van der Waals surface area contributed by atoms with E-state index in [2.05, 4.69) is 36.1 Å². The quantitative estimate of drug-likeness (QED) is 0.908. The van der Waals surface area contributed by atoms with Gasteiger partial charge in [-0.2, -0.15) is 0 Å². The Bertz CT molecular complexity index is 417. The summed E-state index contributed by atoms with van der Waals surface area (Å²) in [6.07, 6.45) is 5.22. The van der Waals surface area contributed by atoms with Gasteiger partial charge in [-0.15, -0.1) is 0 Å². The molecule has 0 amide bonds. The van der Waals surface area contributed by atoms with Crippen LogP contribution in [0.2, 0.25) is 0 Å². The third-order valence-electron chi connectivity index (χ3n) is 4.57. The van der Waals surface area contributed by atoms with Crippen LogP contribution in [0.5, 0.6) is 0 Å². The number of morpholine rings is 1. The molecule has 19 heavy (non-hydrogen) atoms. The minimum atomic E-state index is 0.165. The second-order valence-corrected chi connectivity index (χ2v) is 5.71. The third-order valence-corrected chi connectivity index (χ3v) is 4.57. The van der Waals surface area contributed by atoms with Crippen LogP contribution in [0.4, 0.5) is 5.69 Å². The summed E-state index contributed by atoms with van der Waals surface area (Å²) in [6.45, 7) is 4.00. The van der Waals surface area contributed by atoms with Gasteiger partial charge in [-0.3, -0.25) is 0 Å². The van der Waals surface area contributed by atoms with Crippen molar-refractivity contribution in [1.29, 1.82) is 0 Å². The molecular weight excluding hydrogens is 236 g/mol. The lowest BCUT2D eigenvalue weighted by atomic mass is 10.0. The van der Waals surface area contributed by atoms with Gasteiger partial charge in [-0.1, -0.05) is 19.1 Å². The summed E-state index contributed by atoms with van der Waals surface area (Å²) in [7, 11) is 0. The van der Waals surface area contributed by atoms with Gasteiger partial charge in [0, 0.05) is 18.3 Å². The molecule has 2 aliphatic rings. The molecule has 2 fully saturated rings. The molecule has 3 rings (SSSR count). The van der Waals surface area contributed by atoms with Gasteiger partial charge in [0.05, 0.1) is 18.8 Å². The van der Waals surface area contributed by atoms with Gasteiger partial charge in [-0.05, 0) is 43.4 Å². The van der Waals surface area contributed by atoms with Gasteiger partial charge in [-0.25, -0.2) is 0 Å². The summed E-state index contributed by atoms with van der Waals surface area (Å²) in [6, 6.07) is 9.57. The largest absolute Gasteiger partial charge is 0.374 e. The second kappa shape index (κ2) is 5.51. The van der Waals surface area contributed by atoms with E-state index in [9.17, 15) is 0 Å². The first-order valence-corrected chi connectivity index (χ1v) is 7.53. The van der Waals surface area contributed by atoms with Crippen molar-refractivity contribution in [2.45, 2.75) is 50.8 Å². The molecule has 104 valence electrons. The Balaban J connectivity index is 1.77. The van der Waals surface area contributed by atoms with Crippen LogP contribution in [0.15, 0.2) is 24.3 Å². The van der Waals surface area contributed by atoms with Crippen LogP contribution in [0.3, 0.4) is 0 Å². The predicted octanol–water partition coefficient (Wildman–Crippen LogP) is 2.85. The van der Waals surface area contributed by atoms with Crippen molar-refractivity contribution in [3.63, 3.8) is 0 Å². The van der Waals surface area contributed by atoms with E-state index < -0.39 is 0 Å². The van der Waals surface area contributed by atoms with Crippen molar-refractivity contribution in [3.8, 4) is 0 Å². The summed E-state index contributed by atoms with van der Waals surface area (Å²) < 4.78 is 5.87. The molecule has 2 N–H and O–H groups in total. The molecule has 0 spiro atoms. The van der Waals surface area contributed by atoms with Crippen molar-refractivity contribution in [3.05, 3.63) is 29.8 Å². The van der Waals surface area contributed by atoms with Crippen LogP contribution < -0.4 is 10.6 Å². The molecule has 1 saturated carbocycles. The Hall–Kier alpha value is -1.06. The van der Waals surface area contributed by atoms with Crippen LogP contribution in [0, 0.1) is 0 Å². The normalized spacial score (nSPS) is 28.2. The predicted molar refractivity (Wildman–Crippen MR) is 78.4 cm³/mol. The zero-order valence-corrected chi connectivity index (χ0v) is 11.7. The standard InChI is InChI=1S/C16H24N2O/c1-2-14(17)12-6-8-13(9-7-12)18-10-11-19-16-5-3-4-15(16)18/h6-9,14-16H,2-5,10-11,17H2,1H3/t14-,15?,16?/m0/s1. The molecule has 1 heterocycles. The molecule has 3 nitrogen and oxygen atoms in total. The third kappa shape index (κ3) is 2.49. The van der Waals surface area contributed by atoms with E-state index in [1.807, 2.05) is 0 Å². The van der Waals surface area contributed by atoms with E-state index >= 15 is 0 Å². The average Bonchev–Trinajstić information content (AvgIpc) is 2.95. The van der Waals surface area contributed by atoms with Gasteiger partial charge in [0.2, 0.25) is 0 Å². The van der Waals surface area contributed by atoms with Gasteiger partial charge in [0.1, 0.15) is 0 Å². The molecule has 0 aromatic heterocycles. The number of nitrogens with two attached hydrogens (primary N) is 1. The molecule has 3 atom stereocenters. The van der Waals surface area contributed by atoms with E-state index in [0.29, 0.717) is 12.1 Å². The maximum Gasteiger partial charge on any atom is 0.0779 e. The minimum absolute atomic E-state index is 0.165. The highest BCUT2D eigenvalue weighted by Crippen LogP contribution is 2.33. The fraction of sp³-hybridized carbons (Fsp3) is 0.625. The Morgan fingerprint density at radius 1 is 1.32 bits per heavy atom. The second-order valence-electron chi connectivity index (χ2n) is 5.71. The average molecular weight is 260 g/mol. The first-order chi connectivity index (χ1) is 9.29. The number of anilines is 1. The smallest absolute Gasteiger partial charge is 0.0779 e. The number of benzene rings is 1. The maximum absolute atomic E-state index is 6.07. The highest BCUT2D eigenvalue weighted by Gasteiger charge is 2.36. The first kappa shape index (κ1) is 12.9. The summed E-state index contributed by atoms with van der Waals surface area (Å²) in [5.74, 6) is 0. The number of fused-ring (bicyclic) bond motifs is 1. The van der Waals surface area contributed by atoms with Crippen molar-refractivity contribution >= 4 is 5.69 Å². The topological polar surface area (TPSA) is 38.5 Å². The molecule has 1 aromatic rings. The Kier molecular flexibility index (Phi) is 3.76. The van der Waals surface area contributed by atoms with E-state index in [1.54, 1.807) is 0 Å². The van der Waals surface area contributed by atoms with E-state index in [4.69, 9.17) is 10.5 Å². The fourth-order valence-electron chi connectivity index (χ4n) is 3.39. The van der Waals surface area contributed by atoms with Crippen LogP contribution in [-0.2, 0) is 4.74 Å². The molecule has 0 bridgehead atoms. The molecule has 1 aliphatic heterocycles. The van der Waals surface area contributed by atoms with Gasteiger partial charge in [0.15, 0.2) is 0 Å². The van der Waals surface area contributed by atoms with Crippen molar-refractivity contribution in [2.24, 2.45) is 5.73 Å². The molecule has 1 saturated heterocycles. The first-order valence-electron chi connectivity index (χ1n) is 7.53. The zero-order valence-electron chi connectivity index (χ0n) is 11.7. The minimum Gasteiger partial charge on any atom is -0.374 e. The molecule has 3 heteroatoms. The Labute approximate surface area is 115 Å². The van der Waals surface area contributed by atoms with E-state index in [0.717, 1.165) is 19.6 Å². The Morgan fingerprint density at radius 3 is 2.84 bits per heavy atom. The van der Waals surface area contributed by atoms with Crippen molar-refractivity contribution in [2.75, 3.05) is 18.1 Å². The highest BCUT2D eigenvalue weighted by molar-refractivity contribution is 5.50.